The van der Waals surface area contributed by atoms with Crippen LogP contribution in [0, 0.1) is 11.3 Å². The monoisotopic (exact) mass is 319 g/mol. The number of carbonyl (C=O) groups excluding carboxylic acids is 1. The summed E-state index contributed by atoms with van der Waals surface area (Å²) in [7, 11) is -3.74. The Kier molecular flexibility index (Phi) is 4.41. The van der Waals surface area contributed by atoms with Crippen molar-refractivity contribution >= 4 is 27.2 Å². The molecule has 21 heavy (non-hydrogen) atoms. The van der Waals surface area contributed by atoms with Crippen LogP contribution in [0.1, 0.15) is 15.9 Å². The summed E-state index contributed by atoms with van der Waals surface area (Å²) >= 11 is 5.76. The Hall–Kier alpha value is -2.16. The first-order chi connectivity index (χ1) is 9.92. The maximum atomic E-state index is 12.2. The number of benzene rings is 2. The average molecular weight is 320 g/mol. The van der Waals surface area contributed by atoms with Crippen LogP contribution >= 0.6 is 11.6 Å². The third-order valence-corrected chi connectivity index (χ3v) is 4.66. The van der Waals surface area contributed by atoms with Crippen molar-refractivity contribution in [3.8, 4) is 6.07 Å². The number of halogens is 1. The number of rotatable bonds is 4. The number of sulfone groups is 1. The molecular formula is C15H10ClNO3S. The van der Waals surface area contributed by atoms with E-state index < -0.39 is 21.4 Å². The molecule has 0 radical (unpaired) electrons. The molecule has 0 unspecified atom stereocenters. The van der Waals surface area contributed by atoms with Gasteiger partial charge in [-0.05, 0) is 30.3 Å². The second kappa shape index (κ2) is 6.08. The number of hydrogen-bond acceptors (Lipinski definition) is 4. The highest BCUT2D eigenvalue weighted by Gasteiger charge is 2.20. The van der Waals surface area contributed by atoms with Crippen LogP contribution in [0.4, 0.5) is 0 Å². The van der Waals surface area contributed by atoms with Gasteiger partial charge in [0.05, 0.1) is 16.5 Å². The van der Waals surface area contributed by atoms with Crippen molar-refractivity contribution in [3.63, 3.8) is 0 Å². The summed E-state index contributed by atoms with van der Waals surface area (Å²) in [5, 5.41) is 8.98. The van der Waals surface area contributed by atoms with Gasteiger partial charge in [0.2, 0.25) is 0 Å². The van der Waals surface area contributed by atoms with Crippen LogP contribution in [-0.2, 0) is 9.84 Å². The lowest BCUT2D eigenvalue weighted by Gasteiger charge is -2.04. The molecule has 0 amide bonds. The van der Waals surface area contributed by atoms with E-state index in [1.807, 2.05) is 6.07 Å². The molecule has 106 valence electrons. The molecule has 0 spiro atoms. The van der Waals surface area contributed by atoms with Gasteiger partial charge in [-0.25, -0.2) is 8.42 Å². The van der Waals surface area contributed by atoms with Gasteiger partial charge < -0.3 is 0 Å². The van der Waals surface area contributed by atoms with Crippen LogP contribution in [0.15, 0.2) is 53.4 Å². The van der Waals surface area contributed by atoms with E-state index in [0.717, 1.165) is 0 Å². The number of carbonyl (C=O) groups is 1. The second-order valence-electron chi connectivity index (χ2n) is 4.33. The molecule has 0 saturated carbocycles. The summed E-state index contributed by atoms with van der Waals surface area (Å²) < 4.78 is 24.3. The number of ketones is 1. The molecule has 0 fully saturated rings. The largest absolute Gasteiger partial charge is 0.293 e. The molecule has 2 rings (SSSR count). The predicted molar refractivity (Wildman–Crippen MR) is 79.0 cm³/mol. The van der Waals surface area contributed by atoms with Crippen molar-refractivity contribution < 1.29 is 13.2 Å². The van der Waals surface area contributed by atoms with Crippen molar-refractivity contribution in [1.29, 1.82) is 5.26 Å². The fraction of sp³-hybridized carbons (Fsp3) is 0.0667. The highest BCUT2D eigenvalue weighted by molar-refractivity contribution is 7.92. The molecule has 0 bridgehead atoms. The molecule has 0 atom stereocenters. The number of nitrogens with zero attached hydrogens (tertiary/aromatic N) is 1. The van der Waals surface area contributed by atoms with Crippen molar-refractivity contribution in [3.05, 3.63) is 64.7 Å². The molecule has 4 nitrogen and oxygen atoms in total. The predicted octanol–water partition coefficient (Wildman–Crippen LogP) is 2.87. The Balaban J connectivity index is 2.24. The molecule has 0 aliphatic heterocycles. The van der Waals surface area contributed by atoms with Crippen LogP contribution < -0.4 is 0 Å². The lowest BCUT2D eigenvalue weighted by Crippen LogP contribution is -2.16. The lowest BCUT2D eigenvalue weighted by molar-refractivity contribution is 0.102. The Morgan fingerprint density at radius 2 is 1.81 bits per heavy atom. The minimum absolute atomic E-state index is 0.0111. The topological polar surface area (TPSA) is 75.0 Å². The lowest BCUT2D eigenvalue weighted by atomic mass is 10.1. The van der Waals surface area contributed by atoms with Gasteiger partial charge in [0.15, 0.2) is 15.6 Å². The fourth-order valence-electron chi connectivity index (χ4n) is 1.73. The van der Waals surface area contributed by atoms with Crippen LogP contribution in [0.25, 0.3) is 0 Å². The van der Waals surface area contributed by atoms with E-state index in [1.54, 1.807) is 6.07 Å². The minimum atomic E-state index is -3.74. The van der Waals surface area contributed by atoms with Crippen molar-refractivity contribution in [2.75, 3.05) is 5.75 Å². The first-order valence-corrected chi connectivity index (χ1v) is 7.97. The molecule has 0 aromatic heterocycles. The smallest absolute Gasteiger partial charge is 0.185 e. The molecule has 6 heteroatoms. The SMILES string of the molecule is N#Cc1ccc(C(=O)CS(=O)(=O)c2cccc(Cl)c2)cc1. The van der Waals surface area contributed by atoms with E-state index in [-0.39, 0.29) is 10.5 Å². The molecule has 0 heterocycles. The number of hydrogen-bond donors (Lipinski definition) is 0. The minimum Gasteiger partial charge on any atom is -0.293 e. The van der Waals surface area contributed by atoms with Crippen molar-refractivity contribution in [1.82, 2.24) is 0 Å². The van der Waals surface area contributed by atoms with Gasteiger partial charge in [0.25, 0.3) is 0 Å². The summed E-state index contributed by atoms with van der Waals surface area (Å²) in [5.41, 5.74) is 0.656. The van der Waals surface area contributed by atoms with Gasteiger partial charge in [-0.15, -0.1) is 0 Å². The quantitative estimate of drug-likeness (QED) is 0.812. The fourth-order valence-corrected chi connectivity index (χ4v) is 3.26. The highest BCUT2D eigenvalue weighted by Crippen LogP contribution is 2.18. The van der Waals surface area contributed by atoms with Gasteiger partial charge in [-0.1, -0.05) is 29.8 Å². The van der Waals surface area contributed by atoms with Crippen LogP contribution in [0.5, 0.6) is 0 Å². The van der Waals surface area contributed by atoms with Crippen LogP contribution in [0.3, 0.4) is 0 Å². The second-order valence-corrected chi connectivity index (χ2v) is 6.75. The Bertz CT molecular complexity index is 821. The first kappa shape index (κ1) is 15.2. The van der Waals surface area contributed by atoms with Gasteiger partial charge in [0, 0.05) is 10.6 Å². The Morgan fingerprint density at radius 1 is 1.14 bits per heavy atom. The molecular weight excluding hydrogens is 310 g/mol. The van der Waals surface area contributed by atoms with Crippen molar-refractivity contribution in [2.45, 2.75) is 4.90 Å². The van der Waals surface area contributed by atoms with Crippen LogP contribution in [0.2, 0.25) is 5.02 Å². The van der Waals surface area contributed by atoms with Crippen LogP contribution in [-0.4, -0.2) is 20.0 Å². The normalized spacial score (nSPS) is 10.9. The molecule has 2 aromatic rings. The van der Waals surface area contributed by atoms with Gasteiger partial charge in [-0.2, -0.15) is 5.26 Å². The van der Waals surface area contributed by atoms with Gasteiger partial charge in [-0.3, -0.25) is 4.79 Å². The maximum Gasteiger partial charge on any atom is 0.185 e. The third-order valence-electron chi connectivity index (χ3n) is 2.81. The molecule has 0 aliphatic rings. The van der Waals surface area contributed by atoms with Gasteiger partial charge in [0.1, 0.15) is 5.75 Å². The summed E-state index contributed by atoms with van der Waals surface area (Å²) in [5.74, 6) is -1.17. The van der Waals surface area contributed by atoms with E-state index in [9.17, 15) is 13.2 Å². The zero-order valence-electron chi connectivity index (χ0n) is 10.8. The maximum absolute atomic E-state index is 12.2. The number of nitriles is 1. The van der Waals surface area contributed by atoms with Crippen molar-refractivity contribution in [2.24, 2.45) is 0 Å². The molecule has 0 N–H and O–H groups in total. The molecule has 0 aliphatic carbocycles. The molecule has 0 saturated heterocycles. The van der Waals surface area contributed by atoms with E-state index >= 15 is 0 Å². The Morgan fingerprint density at radius 3 is 2.38 bits per heavy atom. The van der Waals surface area contributed by atoms with Gasteiger partial charge >= 0.3 is 0 Å². The number of Topliss-reactive ketones (excluding diaryl/α,β-unsaturated/α-hetero) is 1. The van der Waals surface area contributed by atoms with E-state index in [1.165, 1.54) is 42.5 Å². The summed E-state index contributed by atoms with van der Waals surface area (Å²) in [4.78, 5) is 12.0. The Labute approximate surface area is 127 Å². The third kappa shape index (κ3) is 3.69. The standard InChI is InChI=1S/C15H10ClNO3S/c16-13-2-1-3-14(8-13)21(19,20)10-15(18)12-6-4-11(9-17)5-7-12/h1-8H,10H2. The highest BCUT2D eigenvalue weighted by atomic mass is 35.5. The van der Waals surface area contributed by atoms with E-state index in [4.69, 9.17) is 16.9 Å². The van der Waals surface area contributed by atoms with E-state index in [2.05, 4.69) is 0 Å². The molecule has 2 aromatic carbocycles. The summed E-state index contributed by atoms with van der Waals surface area (Å²) in [6.45, 7) is 0. The summed E-state index contributed by atoms with van der Waals surface area (Å²) in [6, 6.07) is 13.5. The zero-order valence-corrected chi connectivity index (χ0v) is 12.4. The zero-order chi connectivity index (χ0) is 15.5. The van der Waals surface area contributed by atoms with E-state index in [0.29, 0.717) is 10.6 Å². The average Bonchev–Trinajstić information content (AvgIpc) is 2.47. The summed E-state index contributed by atoms with van der Waals surface area (Å²) in [6.07, 6.45) is 0. The first-order valence-electron chi connectivity index (χ1n) is 5.94.